The third-order valence-electron chi connectivity index (χ3n) is 6.12. The maximum Gasteiger partial charge on any atom is 0.322 e. The third kappa shape index (κ3) is 3.86. The Morgan fingerprint density at radius 2 is 2.04 bits per heavy atom. The van der Waals surface area contributed by atoms with Crippen molar-refractivity contribution in [3.05, 3.63) is 47.0 Å². The second-order valence-corrected chi connectivity index (χ2v) is 8.15. The van der Waals surface area contributed by atoms with Gasteiger partial charge in [0.15, 0.2) is 0 Å². The zero-order chi connectivity index (χ0) is 19.0. The Labute approximate surface area is 161 Å². The van der Waals surface area contributed by atoms with Crippen LogP contribution in [0.2, 0.25) is 0 Å². The first-order valence-electron chi connectivity index (χ1n) is 9.85. The molecular weight excluding hydrogens is 338 g/mol. The fourth-order valence-electron chi connectivity index (χ4n) is 4.33. The molecule has 2 N–H and O–H groups in total. The van der Waals surface area contributed by atoms with Crippen molar-refractivity contribution in [1.82, 2.24) is 19.8 Å². The Morgan fingerprint density at radius 3 is 2.78 bits per heavy atom. The van der Waals surface area contributed by atoms with Gasteiger partial charge in [-0.05, 0) is 62.8 Å². The minimum absolute atomic E-state index is 0.0331. The summed E-state index contributed by atoms with van der Waals surface area (Å²) in [5.41, 5.74) is 5.57. The molecule has 0 spiro atoms. The summed E-state index contributed by atoms with van der Waals surface area (Å²) in [6.07, 6.45) is 4.05. The lowest BCUT2D eigenvalue weighted by Gasteiger charge is -2.36. The number of amides is 2. The number of hydrogen-bond donors (Lipinski definition) is 2. The van der Waals surface area contributed by atoms with Gasteiger partial charge in [-0.25, -0.2) is 9.78 Å². The number of carbonyl (C=O) groups is 1. The Morgan fingerprint density at radius 1 is 1.19 bits per heavy atom. The molecule has 6 nitrogen and oxygen atoms in total. The van der Waals surface area contributed by atoms with E-state index in [1.165, 1.54) is 17.5 Å². The Kier molecular flexibility index (Phi) is 4.91. The van der Waals surface area contributed by atoms with Gasteiger partial charge >= 0.3 is 6.03 Å². The zero-order valence-electron chi connectivity index (χ0n) is 16.5. The molecule has 2 aromatic rings. The second kappa shape index (κ2) is 7.35. The molecule has 3 aliphatic heterocycles. The first-order chi connectivity index (χ1) is 13.0. The topological polar surface area (TPSA) is 64.3 Å². The van der Waals surface area contributed by atoms with E-state index in [4.69, 9.17) is 0 Å². The molecule has 144 valence electrons. The minimum atomic E-state index is 0.0331. The number of aromatic amines is 1. The van der Waals surface area contributed by atoms with Crippen LogP contribution < -0.4 is 5.32 Å². The van der Waals surface area contributed by atoms with Crippen molar-refractivity contribution in [2.75, 3.05) is 25.0 Å². The number of H-pyrrole nitrogens is 1. The molecule has 4 heterocycles. The van der Waals surface area contributed by atoms with Crippen molar-refractivity contribution < 1.29 is 4.79 Å². The van der Waals surface area contributed by atoms with Gasteiger partial charge in [-0.3, -0.25) is 4.90 Å². The number of nitrogens with zero attached hydrogens (tertiary/aromatic N) is 3. The molecule has 1 aromatic heterocycles. The van der Waals surface area contributed by atoms with Crippen molar-refractivity contribution in [3.63, 3.8) is 0 Å². The molecule has 6 heteroatoms. The first-order valence-corrected chi connectivity index (χ1v) is 9.85. The van der Waals surface area contributed by atoms with E-state index in [0.717, 1.165) is 49.7 Å². The molecular formula is C21H29N5O. The fourth-order valence-corrected chi connectivity index (χ4v) is 4.33. The summed E-state index contributed by atoms with van der Waals surface area (Å²) in [6, 6.07) is 6.41. The standard InChI is InChI=1S/C21H29N5O/c1-14-4-6-18(8-15(14)2)24-21(27)26-10-17-5-7-19(26)11-25(9-17)12-20-16(3)22-13-23-20/h4,6,8,13,17,19H,5,7,9-12H2,1-3H3,(H,22,23)(H,24,27)/t17-,19+/m0/s1. The molecule has 3 saturated heterocycles. The van der Waals surface area contributed by atoms with Crippen LogP contribution in [0.3, 0.4) is 0 Å². The minimum Gasteiger partial charge on any atom is -0.348 e. The van der Waals surface area contributed by atoms with Gasteiger partial charge in [0.1, 0.15) is 0 Å². The lowest BCUT2D eigenvalue weighted by molar-refractivity contribution is 0.151. The molecule has 0 aliphatic carbocycles. The van der Waals surface area contributed by atoms with Crippen LogP contribution in [0.15, 0.2) is 24.5 Å². The van der Waals surface area contributed by atoms with E-state index in [1.54, 1.807) is 6.33 Å². The quantitative estimate of drug-likeness (QED) is 0.873. The molecule has 0 saturated carbocycles. The van der Waals surface area contributed by atoms with Crippen LogP contribution in [0.1, 0.15) is 35.4 Å². The van der Waals surface area contributed by atoms with Gasteiger partial charge in [0.05, 0.1) is 12.0 Å². The summed E-state index contributed by atoms with van der Waals surface area (Å²) >= 11 is 0. The molecule has 2 atom stereocenters. The van der Waals surface area contributed by atoms with E-state index in [9.17, 15) is 4.79 Å². The van der Waals surface area contributed by atoms with Gasteiger partial charge in [-0.15, -0.1) is 0 Å². The number of piperidine rings is 1. The first kappa shape index (κ1) is 18.0. The van der Waals surface area contributed by atoms with E-state index in [1.807, 2.05) is 6.07 Å². The predicted octanol–water partition coefficient (Wildman–Crippen LogP) is 3.46. The number of carbonyl (C=O) groups excluding carboxylic acids is 1. The third-order valence-corrected chi connectivity index (χ3v) is 6.12. The van der Waals surface area contributed by atoms with Crippen molar-refractivity contribution in [1.29, 1.82) is 0 Å². The SMILES string of the molecule is Cc1ccc(NC(=O)N2C[C@H]3CC[C@@H]2CN(Cc2nc[nH]c2C)C3)cc1C. The highest BCUT2D eigenvalue weighted by molar-refractivity contribution is 5.89. The van der Waals surface area contributed by atoms with E-state index >= 15 is 0 Å². The molecule has 27 heavy (non-hydrogen) atoms. The number of nitrogens with one attached hydrogen (secondary N) is 2. The molecule has 5 rings (SSSR count). The van der Waals surface area contributed by atoms with Gasteiger partial charge < -0.3 is 15.2 Å². The average molecular weight is 367 g/mol. The highest BCUT2D eigenvalue weighted by Crippen LogP contribution is 2.29. The van der Waals surface area contributed by atoms with Gasteiger partial charge in [0.25, 0.3) is 0 Å². The second-order valence-electron chi connectivity index (χ2n) is 8.15. The monoisotopic (exact) mass is 367 g/mol. The van der Waals surface area contributed by atoms with Gasteiger partial charge in [0.2, 0.25) is 0 Å². The number of imidazole rings is 1. The number of hydrogen-bond acceptors (Lipinski definition) is 3. The maximum atomic E-state index is 13.0. The van der Waals surface area contributed by atoms with Gasteiger partial charge in [-0.2, -0.15) is 0 Å². The summed E-state index contributed by atoms with van der Waals surface area (Å²) in [7, 11) is 0. The van der Waals surface area contributed by atoms with E-state index in [2.05, 4.69) is 58.0 Å². The highest BCUT2D eigenvalue weighted by atomic mass is 16.2. The Bertz CT molecular complexity index is 830. The van der Waals surface area contributed by atoms with Crippen molar-refractivity contribution >= 4 is 11.7 Å². The van der Waals surface area contributed by atoms with Crippen LogP contribution in [0, 0.1) is 26.7 Å². The number of urea groups is 1. The van der Waals surface area contributed by atoms with Gasteiger partial charge in [-0.1, -0.05) is 6.07 Å². The van der Waals surface area contributed by atoms with Crippen LogP contribution in [-0.2, 0) is 6.54 Å². The number of rotatable bonds is 3. The normalized spacial score (nSPS) is 22.7. The molecule has 1 aromatic carbocycles. The molecule has 3 fully saturated rings. The summed E-state index contributed by atoms with van der Waals surface area (Å²) in [6.45, 7) is 9.89. The largest absolute Gasteiger partial charge is 0.348 e. The smallest absolute Gasteiger partial charge is 0.322 e. The lowest BCUT2D eigenvalue weighted by Crippen LogP contribution is -2.49. The van der Waals surface area contributed by atoms with E-state index < -0.39 is 0 Å². The Hall–Kier alpha value is -2.34. The van der Waals surface area contributed by atoms with Crippen molar-refractivity contribution in [2.45, 2.75) is 46.2 Å². The van der Waals surface area contributed by atoms with Crippen LogP contribution in [-0.4, -0.2) is 51.5 Å². The van der Waals surface area contributed by atoms with Crippen LogP contribution >= 0.6 is 0 Å². The molecule has 0 radical (unpaired) electrons. The summed E-state index contributed by atoms with van der Waals surface area (Å²) in [5.74, 6) is 0.536. The maximum absolute atomic E-state index is 13.0. The number of aromatic nitrogens is 2. The molecule has 3 aliphatic rings. The summed E-state index contributed by atoms with van der Waals surface area (Å²) in [5, 5.41) is 3.11. The number of fused-ring (bicyclic) bond motifs is 4. The van der Waals surface area contributed by atoms with Crippen LogP contribution in [0.5, 0.6) is 0 Å². The lowest BCUT2D eigenvalue weighted by atomic mass is 9.95. The highest BCUT2D eigenvalue weighted by Gasteiger charge is 2.37. The van der Waals surface area contributed by atoms with Crippen molar-refractivity contribution in [3.8, 4) is 0 Å². The number of aryl methyl sites for hydroxylation is 3. The predicted molar refractivity (Wildman–Crippen MR) is 107 cm³/mol. The van der Waals surface area contributed by atoms with Crippen LogP contribution in [0.4, 0.5) is 10.5 Å². The zero-order valence-corrected chi connectivity index (χ0v) is 16.5. The molecule has 2 amide bonds. The fraction of sp³-hybridized carbons (Fsp3) is 0.524. The molecule has 2 bridgehead atoms. The number of benzene rings is 1. The van der Waals surface area contributed by atoms with E-state index in [0.29, 0.717) is 5.92 Å². The average Bonchev–Trinajstić information content (AvgIpc) is 2.85. The Balaban J connectivity index is 1.44. The van der Waals surface area contributed by atoms with E-state index in [-0.39, 0.29) is 12.1 Å². The molecule has 0 unspecified atom stereocenters. The summed E-state index contributed by atoms with van der Waals surface area (Å²) < 4.78 is 0. The van der Waals surface area contributed by atoms with Crippen LogP contribution in [0.25, 0.3) is 0 Å². The summed E-state index contributed by atoms with van der Waals surface area (Å²) in [4.78, 5) is 25.1. The van der Waals surface area contributed by atoms with Crippen molar-refractivity contribution in [2.24, 2.45) is 5.92 Å². The van der Waals surface area contributed by atoms with Gasteiger partial charge in [0, 0.05) is 43.6 Å². The number of anilines is 1.